The summed E-state index contributed by atoms with van der Waals surface area (Å²) in [5, 5.41) is 0. The summed E-state index contributed by atoms with van der Waals surface area (Å²) in [6, 6.07) is 11.7. The fraction of sp³-hybridized carbons (Fsp3) is 0.364. The third-order valence-electron chi connectivity index (χ3n) is 5.74. The number of carbonyl (C=O) groups is 1. The Hall–Kier alpha value is -2.28. The van der Waals surface area contributed by atoms with E-state index in [9.17, 15) is 4.79 Å². The second kappa shape index (κ2) is 9.25. The highest BCUT2D eigenvalue weighted by molar-refractivity contribution is 6.08. The fourth-order valence-electron chi connectivity index (χ4n) is 4.35. The second-order valence-corrected chi connectivity index (χ2v) is 7.53. The molecular formula is C22H26Cl2N4O2. The van der Waals surface area contributed by atoms with E-state index in [4.69, 9.17) is 9.40 Å². The lowest BCUT2D eigenvalue weighted by molar-refractivity contribution is 0.100. The van der Waals surface area contributed by atoms with Crippen molar-refractivity contribution in [2.75, 3.05) is 19.6 Å². The van der Waals surface area contributed by atoms with E-state index in [1.165, 1.54) is 38.6 Å². The molecule has 0 N–H and O–H groups in total. The number of ketones is 1. The monoisotopic (exact) mass is 448 g/mol. The first kappa shape index (κ1) is 22.4. The van der Waals surface area contributed by atoms with Crippen molar-refractivity contribution in [1.29, 1.82) is 0 Å². The van der Waals surface area contributed by atoms with E-state index < -0.39 is 0 Å². The van der Waals surface area contributed by atoms with Gasteiger partial charge in [-0.1, -0.05) is 18.6 Å². The van der Waals surface area contributed by atoms with E-state index in [-0.39, 0.29) is 30.6 Å². The van der Waals surface area contributed by atoms with E-state index in [1.807, 2.05) is 23.5 Å². The van der Waals surface area contributed by atoms with Crippen LogP contribution in [0.4, 0.5) is 0 Å². The highest BCUT2D eigenvalue weighted by Gasteiger charge is 2.25. The van der Waals surface area contributed by atoms with Crippen LogP contribution in [-0.4, -0.2) is 44.3 Å². The number of fused-ring (bicyclic) bond motifs is 3. The molecular weight excluding hydrogens is 423 g/mol. The van der Waals surface area contributed by atoms with Crippen LogP contribution in [0, 0.1) is 6.92 Å². The van der Waals surface area contributed by atoms with Gasteiger partial charge < -0.3 is 13.9 Å². The Morgan fingerprint density at radius 2 is 1.73 bits per heavy atom. The van der Waals surface area contributed by atoms with Crippen molar-refractivity contribution < 1.29 is 9.21 Å². The number of nitrogens with zero attached hydrogens (tertiary/aromatic N) is 4. The number of piperidine rings is 1. The number of benzene rings is 1. The number of halogens is 2. The quantitative estimate of drug-likeness (QED) is 0.413. The Labute approximate surface area is 187 Å². The van der Waals surface area contributed by atoms with Crippen LogP contribution in [0.5, 0.6) is 0 Å². The fourth-order valence-corrected chi connectivity index (χ4v) is 4.35. The van der Waals surface area contributed by atoms with Crippen molar-refractivity contribution in [1.82, 2.24) is 18.9 Å². The first-order valence-corrected chi connectivity index (χ1v) is 10.0. The number of hydrogen-bond donors (Lipinski definition) is 0. The molecule has 1 saturated heterocycles. The zero-order valence-corrected chi connectivity index (χ0v) is 18.5. The molecule has 0 radical (unpaired) electrons. The molecule has 160 valence electrons. The predicted octanol–water partition coefficient (Wildman–Crippen LogP) is 4.75. The molecule has 30 heavy (non-hydrogen) atoms. The summed E-state index contributed by atoms with van der Waals surface area (Å²) in [5.74, 6) is 1.04. The van der Waals surface area contributed by atoms with Gasteiger partial charge >= 0.3 is 0 Å². The molecule has 4 heterocycles. The minimum Gasteiger partial charge on any atom is -0.461 e. The lowest BCUT2D eigenvalue weighted by Crippen LogP contribution is -2.32. The van der Waals surface area contributed by atoms with Crippen LogP contribution in [0.2, 0.25) is 0 Å². The zero-order valence-electron chi connectivity index (χ0n) is 16.9. The number of carbonyl (C=O) groups excluding carboxylic acids is 1. The van der Waals surface area contributed by atoms with E-state index in [0.29, 0.717) is 11.5 Å². The molecule has 1 aromatic carbocycles. The summed E-state index contributed by atoms with van der Waals surface area (Å²) in [6.45, 7) is 6.10. The summed E-state index contributed by atoms with van der Waals surface area (Å²) < 4.78 is 9.60. The Balaban J connectivity index is 0.00000128. The molecule has 5 rings (SSSR count). The average molecular weight is 449 g/mol. The van der Waals surface area contributed by atoms with Gasteiger partial charge in [0, 0.05) is 13.1 Å². The van der Waals surface area contributed by atoms with Gasteiger partial charge in [-0.3, -0.25) is 9.20 Å². The number of aryl methyl sites for hydroxylation is 1. The molecule has 0 spiro atoms. The first-order chi connectivity index (χ1) is 13.7. The van der Waals surface area contributed by atoms with Crippen LogP contribution in [0.15, 0.2) is 47.1 Å². The summed E-state index contributed by atoms with van der Waals surface area (Å²) in [6.07, 6.45) is 5.44. The molecule has 0 bridgehead atoms. The highest BCUT2D eigenvalue weighted by Crippen LogP contribution is 2.26. The maximum atomic E-state index is 13.1. The van der Waals surface area contributed by atoms with Gasteiger partial charge in [0.1, 0.15) is 5.69 Å². The Bertz CT molecular complexity index is 1140. The maximum Gasteiger partial charge on any atom is 0.246 e. The van der Waals surface area contributed by atoms with Crippen molar-refractivity contribution in [2.45, 2.75) is 32.7 Å². The van der Waals surface area contributed by atoms with Gasteiger partial charge in [0.25, 0.3) is 0 Å². The number of imidazole rings is 2. The number of hydrogen-bond acceptors (Lipinski definition) is 4. The summed E-state index contributed by atoms with van der Waals surface area (Å²) in [7, 11) is 0. The van der Waals surface area contributed by atoms with Crippen LogP contribution in [0.3, 0.4) is 0 Å². The van der Waals surface area contributed by atoms with Crippen molar-refractivity contribution in [3.8, 4) is 0 Å². The van der Waals surface area contributed by atoms with Crippen LogP contribution in [0.25, 0.3) is 16.8 Å². The summed E-state index contributed by atoms with van der Waals surface area (Å²) in [5.41, 5.74) is 3.42. The first-order valence-electron chi connectivity index (χ1n) is 10.0. The second-order valence-electron chi connectivity index (χ2n) is 7.53. The van der Waals surface area contributed by atoms with Gasteiger partial charge in [-0.15, -0.1) is 24.8 Å². The lowest BCUT2D eigenvalue weighted by Gasteiger charge is -2.26. The lowest BCUT2D eigenvalue weighted by atomic mass is 10.1. The third-order valence-corrected chi connectivity index (χ3v) is 5.74. The molecule has 1 aliphatic rings. The molecule has 0 saturated carbocycles. The Kier molecular flexibility index (Phi) is 6.91. The molecule has 0 atom stereocenters. The van der Waals surface area contributed by atoms with Gasteiger partial charge in [-0.25, -0.2) is 4.98 Å². The third kappa shape index (κ3) is 3.75. The largest absolute Gasteiger partial charge is 0.461 e. The van der Waals surface area contributed by atoms with Crippen molar-refractivity contribution >= 4 is 47.4 Å². The standard InChI is InChI=1S/C22H24N4O2.2ClH/c1-16-20(21(27)19-10-7-15-28-19)26-18-9-4-3-8-17(18)25(22(26)23-16)14-13-24-11-5-2-6-12-24;;/h3-4,7-10,15H,2,5-6,11-14H2,1H3;2*1H. The molecule has 0 amide bonds. The van der Waals surface area contributed by atoms with Crippen LogP contribution in [0.1, 0.15) is 41.2 Å². The zero-order chi connectivity index (χ0) is 19.1. The highest BCUT2D eigenvalue weighted by atomic mass is 35.5. The van der Waals surface area contributed by atoms with Crippen LogP contribution in [-0.2, 0) is 6.54 Å². The molecule has 1 fully saturated rings. The number of furan rings is 1. The van der Waals surface area contributed by atoms with Gasteiger partial charge in [0.15, 0.2) is 5.76 Å². The van der Waals surface area contributed by atoms with E-state index in [1.54, 1.807) is 12.1 Å². The minimum atomic E-state index is -0.131. The van der Waals surface area contributed by atoms with Gasteiger partial charge in [-0.05, 0) is 57.1 Å². The van der Waals surface area contributed by atoms with Gasteiger partial charge in [0.2, 0.25) is 11.6 Å². The molecule has 3 aromatic heterocycles. The SMILES string of the molecule is Cc1nc2n(CCN3CCCCC3)c3ccccc3n2c1C(=O)c1ccco1.Cl.Cl. The minimum absolute atomic E-state index is 0. The van der Waals surface area contributed by atoms with E-state index in [2.05, 4.69) is 21.6 Å². The van der Waals surface area contributed by atoms with Crippen LogP contribution >= 0.6 is 24.8 Å². The predicted molar refractivity (Wildman–Crippen MR) is 122 cm³/mol. The Morgan fingerprint density at radius 1 is 1.00 bits per heavy atom. The Morgan fingerprint density at radius 3 is 2.43 bits per heavy atom. The average Bonchev–Trinajstić information content (AvgIpc) is 3.43. The topological polar surface area (TPSA) is 55.7 Å². The summed E-state index contributed by atoms with van der Waals surface area (Å²) in [4.78, 5) is 20.4. The molecule has 8 heteroatoms. The summed E-state index contributed by atoms with van der Waals surface area (Å²) >= 11 is 0. The number of para-hydroxylation sites is 2. The van der Waals surface area contributed by atoms with Crippen molar-refractivity contribution in [3.63, 3.8) is 0 Å². The normalized spacial score (nSPS) is 14.6. The maximum absolute atomic E-state index is 13.1. The van der Waals surface area contributed by atoms with E-state index in [0.717, 1.165) is 35.6 Å². The molecule has 1 aliphatic heterocycles. The van der Waals surface area contributed by atoms with Crippen LogP contribution < -0.4 is 0 Å². The molecule has 0 aliphatic carbocycles. The van der Waals surface area contributed by atoms with Gasteiger partial charge in [0.05, 0.1) is 23.0 Å². The van der Waals surface area contributed by atoms with Gasteiger partial charge in [-0.2, -0.15) is 0 Å². The number of likely N-dealkylation sites (tertiary alicyclic amines) is 1. The molecule has 4 aromatic rings. The van der Waals surface area contributed by atoms with Crippen molar-refractivity contribution in [2.24, 2.45) is 0 Å². The van der Waals surface area contributed by atoms with Crippen molar-refractivity contribution in [3.05, 3.63) is 59.8 Å². The molecule has 0 unspecified atom stereocenters. The smallest absolute Gasteiger partial charge is 0.246 e. The molecule has 6 nitrogen and oxygen atoms in total. The number of aromatic nitrogens is 3. The number of rotatable bonds is 5. The van der Waals surface area contributed by atoms with E-state index >= 15 is 0 Å².